The van der Waals surface area contributed by atoms with E-state index < -0.39 is 104 Å². The maximum absolute atomic E-state index is 15.1. The summed E-state index contributed by atoms with van der Waals surface area (Å²) in [6.45, 7) is -3.33. The van der Waals surface area contributed by atoms with Crippen molar-refractivity contribution in [2.75, 3.05) is 13.1 Å². The van der Waals surface area contributed by atoms with Crippen LogP contribution in [0.1, 0.15) is 26.7 Å². The molecule has 3 nitrogen and oxygen atoms in total. The van der Waals surface area contributed by atoms with E-state index in [0.717, 1.165) is 0 Å². The van der Waals surface area contributed by atoms with Crippen LogP contribution in [-0.4, -0.2) is 91.2 Å². The van der Waals surface area contributed by atoms with Crippen molar-refractivity contribution in [2.45, 2.75) is 99.9 Å². The lowest BCUT2D eigenvalue weighted by atomic mass is 9.97. The molecule has 0 spiro atoms. The van der Waals surface area contributed by atoms with Crippen molar-refractivity contribution >= 4 is 0 Å². The fourth-order valence-corrected chi connectivity index (χ4v) is 3.69. The van der Waals surface area contributed by atoms with Crippen LogP contribution in [0.25, 0.3) is 0 Å². The molecular formula is C18H20F17NO2. The molecule has 0 radical (unpaired) electrons. The van der Waals surface area contributed by atoms with E-state index in [2.05, 4.69) is 9.47 Å². The minimum absolute atomic E-state index is 0.0621. The molecule has 0 aromatic carbocycles. The molecule has 0 aromatic heterocycles. The first-order valence-electron chi connectivity index (χ1n) is 10.4. The van der Waals surface area contributed by atoms with Gasteiger partial charge >= 0.3 is 30.6 Å². The summed E-state index contributed by atoms with van der Waals surface area (Å²) in [4.78, 5) is -0.736. The third kappa shape index (κ3) is 8.59. The van der Waals surface area contributed by atoms with Crippen molar-refractivity contribution < 1.29 is 84.1 Å². The van der Waals surface area contributed by atoms with Gasteiger partial charge in [-0.1, -0.05) is 6.92 Å². The second-order valence-electron chi connectivity index (χ2n) is 8.43. The molecule has 20 heteroatoms. The lowest BCUT2D eigenvalue weighted by molar-refractivity contribution is -0.322. The van der Waals surface area contributed by atoms with Crippen LogP contribution in [0.15, 0.2) is 0 Å². The summed E-state index contributed by atoms with van der Waals surface area (Å²) in [5.41, 5.74) is 0. The average molecular weight is 605 g/mol. The van der Waals surface area contributed by atoms with Gasteiger partial charge in [0.2, 0.25) is 0 Å². The Morgan fingerprint density at radius 1 is 0.789 bits per heavy atom. The van der Waals surface area contributed by atoms with Crippen LogP contribution in [0.2, 0.25) is 0 Å². The van der Waals surface area contributed by atoms with Crippen LogP contribution in [0.5, 0.6) is 0 Å². The normalized spacial score (nSPS) is 24.7. The van der Waals surface area contributed by atoms with Crippen LogP contribution >= 0.6 is 0 Å². The SMILES string of the molecule is CCC(OC(C)C(F)(F)C(F)C(F)(F)F)C(F)(F)C(N1CC(CC(F)(F)F)OC(C(F)(F)F)C1)C(F)(F)F. The quantitative estimate of drug-likeness (QED) is 0.269. The molecule has 0 aromatic rings. The highest BCUT2D eigenvalue weighted by Crippen LogP contribution is 2.45. The highest BCUT2D eigenvalue weighted by atomic mass is 19.4. The second-order valence-corrected chi connectivity index (χ2v) is 8.43. The molecule has 1 rings (SSSR count). The van der Waals surface area contributed by atoms with E-state index in [-0.39, 0.29) is 6.92 Å². The van der Waals surface area contributed by atoms with Gasteiger partial charge < -0.3 is 9.47 Å². The molecule has 1 aliphatic rings. The Morgan fingerprint density at radius 3 is 1.66 bits per heavy atom. The highest BCUT2D eigenvalue weighted by molar-refractivity contribution is 5.00. The first-order chi connectivity index (χ1) is 16.7. The maximum Gasteiger partial charge on any atom is 0.425 e. The molecule has 1 heterocycles. The minimum atomic E-state index is -6.24. The summed E-state index contributed by atoms with van der Waals surface area (Å²) < 4.78 is 235. The van der Waals surface area contributed by atoms with Gasteiger partial charge in [0.1, 0.15) is 12.2 Å². The topological polar surface area (TPSA) is 21.7 Å². The summed E-state index contributed by atoms with van der Waals surface area (Å²) in [7, 11) is 0. The number of alkyl halides is 17. The summed E-state index contributed by atoms with van der Waals surface area (Å²) >= 11 is 0. The van der Waals surface area contributed by atoms with Crippen LogP contribution in [-0.2, 0) is 9.47 Å². The summed E-state index contributed by atoms with van der Waals surface area (Å²) in [6, 6.07) is -4.39. The van der Waals surface area contributed by atoms with E-state index in [9.17, 15) is 65.9 Å². The average Bonchev–Trinajstić information content (AvgIpc) is 2.66. The Bertz CT molecular complexity index is 760. The van der Waals surface area contributed by atoms with E-state index in [1.165, 1.54) is 0 Å². The van der Waals surface area contributed by atoms with Crippen molar-refractivity contribution in [2.24, 2.45) is 0 Å². The molecule has 1 saturated heterocycles. The van der Waals surface area contributed by atoms with Gasteiger partial charge in [0.15, 0.2) is 12.1 Å². The standard InChI is InChI=1S/C18H20F17NO2/c1-3-9(37-7(2)14(23,24)11(19)17(30,31)32)15(25,26)12(18(33,34)35)36-5-8(4-13(20,21)22)38-10(6-36)16(27,28)29/h7-12H,3-6H2,1-2H3. The summed E-state index contributed by atoms with van der Waals surface area (Å²) in [5, 5.41) is 0. The molecule has 0 aliphatic carbocycles. The summed E-state index contributed by atoms with van der Waals surface area (Å²) in [6.07, 6.45) is -45.0. The van der Waals surface area contributed by atoms with Gasteiger partial charge in [0, 0.05) is 13.1 Å². The molecule has 0 bridgehead atoms. The molecule has 0 amide bonds. The van der Waals surface area contributed by atoms with Crippen molar-refractivity contribution in [3.05, 3.63) is 0 Å². The zero-order valence-electron chi connectivity index (χ0n) is 19.0. The monoisotopic (exact) mass is 605 g/mol. The number of ether oxygens (including phenoxy) is 2. The van der Waals surface area contributed by atoms with E-state index in [1.807, 2.05) is 0 Å². The van der Waals surface area contributed by atoms with Gasteiger partial charge in [-0.2, -0.15) is 52.7 Å². The van der Waals surface area contributed by atoms with E-state index in [0.29, 0.717) is 6.92 Å². The van der Waals surface area contributed by atoms with Gasteiger partial charge in [-0.15, -0.1) is 0 Å². The van der Waals surface area contributed by atoms with E-state index >= 15 is 8.78 Å². The molecular weight excluding hydrogens is 585 g/mol. The number of hydrogen-bond donors (Lipinski definition) is 0. The second kappa shape index (κ2) is 11.3. The van der Waals surface area contributed by atoms with Gasteiger partial charge in [-0.3, -0.25) is 4.90 Å². The zero-order valence-corrected chi connectivity index (χ0v) is 19.0. The van der Waals surface area contributed by atoms with E-state index in [4.69, 9.17) is 0 Å². The van der Waals surface area contributed by atoms with Gasteiger partial charge in [-0.25, -0.2) is 22.0 Å². The Labute approximate surface area is 203 Å². The van der Waals surface area contributed by atoms with E-state index in [1.54, 1.807) is 0 Å². The first-order valence-corrected chi connectivity index (χ1v) is 10.4. The highest BCUT2D eigenvalue weighted by Gasteiger charge is 2.66. The van der Waals surface area contributed by atoms with Gasteiger partial charge in [0.05, 0.1) is 12.5 Å². The largest absolute Gasteiger partial charge is 0.425 e. The Balaban J connectivity index is 3.44. The number of morpholine rings is 1. The molecule has 0 saturated carbocycles. The number of hydrogen-bond acceptors (Lipinski definition) is 3. The Kier molecular flexibility index (Phi) is 10.3. The Morgan fingerprint density at radius 2 is 1.29 bits per heavy atom. The predicted octanol–water partition coefficient (Wildman–Crippen LogP) is 6.86. The van der Waals surface area contributed by atoms with Crippen LogP contribution in [0, 0.1) is 0 Å². The molecule has 6 unspecified atom stereocenters. The predicted molar refractivity (Wildman–Crippen MR) is 92.3 cm³/mol. The number of nitrogens with zero attached hydrogens (tertiary/aromatic N) is 1. The van der Waals surface area contributed by atoms with Crippen LogP contribution in [0.4, 0.5) is 74.6 Å². The first kappa shape index (κ1) is 34.7. The lowest BCUT2D eigenvalue weighted by Gasteiger charge is -2.46. The van der Waals surface area contributed by atoms with Crippen molar-refractivity contribution in [3.63, 3.8) is 0 Å². The summed E-state index contributed by atoms with van der Waals surface area (Å²) in [5.74, 6) is -11.1. The fraction of sp³-hybridized carbons (Fsp3) is 1.00. The van der Waals surface area contributed by atoms with Crippen molar-refractivity contribution in [1.29, 1.82) is 0 Å². The third-order valence-electron chi connectivity index (χ3n) is 5.39. The van der Waals surface area contributed by atoms with Crippen LogP contribution in [0.3, 0.4) is 0 Å². The molecule has 1 fully saturated rings. The third-order valence-corrected chi connectivity index (χ3v) is 5.39. The molecule has 38 heavy (non-hydrogen) atoms. The van der Waals surface area contributed by atoms with Gasteiger partial charge in [-0.05, 0) is 13.3 Å². The Hall–Kier alpha value is -1.31. The molecule has 6 atom stereocenters. The lowest BCUT2D eigenvalue weighted by Crippen LogP contribution is -2.67. The fourth-order valence-electron chi connectivity index (χ4n) is 3.69. The zero-order chi connectivity index (χ0) is 30.3. The van der Waals surface area contributed by atoms with Crippen molar-refractivity contribution in [3.8, 4) is 0 Å². The molecule has 1 aliphatic heterocycles. The van der Waals surface area contributed by atoms with Crippen LogP contribution < -0.4 is 0 Å². The number of halogens is 17. The minimum Gasteiger partial charge on any atom is -0.363 e. The number of rotatable bonds is 9. The molecule has 0 N–H and O–H groups in total. The maximum atomic E-state index is 15.1. The van der Waals surface area contributed by atoms with Gasteiger partial charge in [0.25, 0.3) is 12.1 Å². The molecule has 228 valence electrons. The smallest absolute Gasteiger partial charge is 0.363 e. The van der Waals surface area contributed by atoms with Crippen molar-refractivity contribution in [1.82, 2.24) is 4.90 Å².